The highest BCUT2D eigenvalue weighted by molar-refractivity contribution is 5.82. The normalized spacial score (nSPS) is 33.4. The van der Waals surface area contributed by atoms with Gasteiger partial charge in [-0.25, -0.2) is 0 Å². The van der Waals surface area contributed by atoms with E-state index >= 15 is 0 Å². The molecule has 0 amide bonds. The summed E-state index contributed by atoms with van der Waals surface area (Å²) in [5.74, 6) is 0.748. The average molecular weight is 387 g/mol. The maximum absolute atomic E-state index is 12.6. The molecular formula is C22H29NO5. The fourth-order valence-electron chi connectivity index (χ4n) is 5.63. The first-order valence-electron chi connectivity index (χ1n) is 10.2. The van der Waals surface area contributed by atoms with E-state index in [4.69, 9.17) is 4.74 Å². The van der Waals surface area contributed by atoms with Crippen LogP contribution in [-0.4, -0.2) is 52.1 Å². The van der Waals surface area contributed by atoms with E-state index in [-0.39, 0.29) is 36.2 Å². The van der Waals surface area contributed by atoms with Crippen molar-refractivity contribution >= 4 is 12.3 Å². The minimum absolute atomic E-state index is 0.0680. The van der Waals surface area contributed by atoms with Crippen LogP contribution in [0.4, 0.5) is 0 Å². The molecule has 0 bridgehead atoms. The highest BCUT2D eigenvalue weighted by atomic mass is 16.5. The maximum Gasteiger partial charge on any atom is 0.298 e. The molecule has 3 aliphatic rings. The van der Waals surface area contributed by atoms with Crippen molar-refractivity contribution in [2.75, 3.05) is 13.1 Å². The number of nitrogens with zero attached hydrogens (tertiary/aromatic N) is 1. The fraction of sp³-hybridized carbons (Fsp3) is 0.636. The van der Waals surface area contributed by atoms with Gasteiger partial charge in [-0.15, -0.1) is 0 Å². The molecule has 3 fully saturated rings. The van der Waals surface area contributed by atoms with Crippen LogP contribution in [0.5, 0.6) is 11.5 Å². The molecule has 2 aliphatic carbocycles. The van der Waals surface area contributed by atoms with Gasteiger partial charge in [-0.3, -0.25) is 14.5 Å². The number of carbonyl (C=O) groups excluding carboxylic acids is 2. The van der Waals surface area contributed by atoms with Crippen LogP contribution in [0, 0.1) is 12.8 Å². The number of hydrogen-bond acceptors (Lipinski definition) is 6. The second-order valence-electron chi connectivity index (χ2n) is 8.90. The first-order chi connectivity index (χ1) is 13.3. The molecule has 2 N–H and O–H groups in total. The van der Waals surface area contributed by atoms with E-state index < -0.39 is 11.0 Å². The molecule has 28 heavy (non-hydrogen) atoms. The Kier molecular flexibility index (Phi) is 4.74. The molecule has 1 heterocycles. The number of aliphatic hydroxyl groups is 1. The Morgan fingerprint density at radius 2 is 2.07 bits per heavy atom. The van der Waals surface area contributed by atoms with Gasteiger partial charge in [0.1, 0.15) is 5.78 Å². The summed E-state index contributed by atoms with van der Waals surface area (Å²) in [6.07, 6.45) is 4.01. The van der Waals surface area contributed by atoms with E-state index in [2.05, 4.69) is 4.90 Å². The Bertz CT molecular complexity index is 804. The summed E-state index contributed by atoms with van der Waals surface area (Å²) < 4.78 is 4.96. The Morgan fingerprint density at radius 1 is 1.32 bits per heavy atom. The molecule has 1 aliphatic heterocycles. The number of aromatic hydroxyl groups is 1. The summed E-state index contributed by atoms with van der Waals surface area (Å²) in [4.78, 5) is 25.8. The zero-order chi connectivity index (χ0) is 20.1. The first-order valence-corrected chi connectivity index (χ1v) is 10.2. The summed E-state index contributed by atoms with van der Waals surface area (Å²) in [5.41, 5.74) is -0.652. The quantitative estimate of drug-likeness (QED) is 0.755. The Morgan fingerprint density at radius 3 is 2.75 bits per heavy atom. The van der Waals surface area contributed by atoms with Crippen molar-refractivity contribution in [1.29, 1.82) is 0 Å². The molecule has 0 aromatic heterocycles. The van der Waals surface area contributed by atoms with Gasteiger partial charge < -0.3 is 14.9 Å². The highest BCUT2D eigenvalue weighted by Gasteiger charge is 2.62. The minimum atomic E-state index is -1.13. The molecule has 1 aromatic rings. The standard InChI is InChI=1S/C22H29NO5/c1-14-3-6-18(28-13-24)20(26)19(14)21-9-10-23(12-16-4-5-16)15(2)22(21,27)8-7-17(25)11-21/h3,6,13,15-16,26-27H,4-5,7-12H2,1-2H3. The van der Waals surface area contributed by atoms with Crippen molar-refractivity contribution in [3.05, 3.63) is 23.3 Å². The van der Waals surface area contributed by atoms with E-state index in [0.717, 1.165) is 18.7 Å². The Labute approximate surface area is 165 Å². The number of piperidine rings is 1. The third-order valence-corrected chi connectivity index (χ3v) is 7.37. The third-order valence-electron chi connectivity index (χ3n) is 7.37. The Hall–Kier alpha value is -1.92. The number of likely N-dealkylation sites (tertiary alicyclic amines) is 1. The molecule has 0 spiro atoms. The average Bonchev–Trinajstić information content (AvgIpc) is 3.47. The fourth-order valence-corrected chi connectivity index (χ4v) is 5.63. The van der Waals surface area contributed by atoms with Crippen LogP contribution in [0.2, 0.25) is 0 Å². The van der Waals surface area contributed by atoms with Crippen LogP contribution < -0.4 is 4.74 Å². The monoisotopic (exact) mass is 387 g/mol. The number of benzene rings is 1. The summed E-state index contributed by atoms with van der Waals surface area (Å²) in [6, 6.07) is 3.21. The summed E-state index contributed by atoms with van der Waals surface area (Å²) in [6.45, 7) is 5.95. The predicted octanol–water partition coefficient (Wildman–Crippen LogP) is 2.46. The largest absolute Gasteiger partial charge is 0.504 e. The van der Waals surface area contributed by atoms with E-state index in [0.29, 0.717) is 30.7 Å². The molecule has 152 valence electrons. The number of Topliss-reactive ketones (excluding diaryl/α,β-unsaturated/α-hetero) is 1. The molecule has 3 atom stereocenters. The smallest absolute Gasteiger partial charge is 0.298 e. The number of carbonyl (C=O) groups is 2. The van der Waals surface area contributed by atoms with Gasteiger partial charge in [0.25, 0.3) is 6.47 Å². The molecule has 2 saturated carbocycles. The minimum Gasteiger partial charge on any atom is -0.504 e. The van der Waals surface area contributed by atoms with Crippen LogP contribution >= 0.6 is 0 Å². The summed E-state index contributed by atoms with van der Waals surface area (Å²) in [5, 5.41) is 23.0. The topological polar surface area (TPSA) is 87.1 Å². The van der Waals surface area contributed by atoms with Crippen molar-refractivity contribution in [3.63, 3.8) is 0 Å². The zero-order valence-electron chi connectivity index (χ0n) is 16.6. The molecule has 4 rings (SSSR count). The van der Waals surface area contributed by atoms with Crippen LogP contribution in [0.25, 0.3) is 0 Å². The molecule has 3 unspecified atom stereocenters. The molecule has 1 saturated heterocycles. The van der Waals surface area contributed by atoms with Crippen LogP contribution in [0.3, 0.4) is 0 Å². The number of phenolic OH excluding ortho intramolecular Hbond substituents is 1. The second-order valence-corrected chi connectivity index (χ2v) is 8.90. The van der Waals surface area contributed by atoms with Crippen molar-refractivity contribution in [1.82, 2.24) is 4.90 Å². The number of ketones is 1. The van der Waals surface area contributed by atoms with Gasteiger partial charge in [0.15, 0.2) is 11.5 Å². The first kappa shape index (κ1) is 19.4. The van der Waals surface area contributed by atoms with Crippen LogP contribution in [-0.2, 0) is 15.0 Å². The lowest BCUT2D eigenvalue weighted by atomic mass is 9.53. The third kappa shape index (κ3) is 2.85. The van der Waals surface area contributed by atoms with Gasteiger partial charge >= 0.3 is 0 Å². The van der Waals surface area contributed by atoms with Gasteiger partial charge in [0.05, 0.1) is 5.60 Å². The lowest BCUT2D eigenvalue weighted by Gasteiger charge is -2.60. The number of hydrogen-bond donors (Lipinski definition) is 2. The van der Waals surface area contributed by atoms with E-state index in [9.17, 15) is 19.8 Å². The highest BCUT2D eigenvalue weighted by Crippen LogP contribution is 2.57. The van der Waals surface area contributed by atoms with Gasteiger partial charge in [0.2, 0.25) is 0 Å². The number of aryl methyl sites for hydroxylation is 1. The molecule has 6 nitrogen and oxygen atoms in total. The molecule has 1 aromatic carbocycles. The SMILES string of the molecule is Cc1ccc(OC=O)c(O)c1C12CCN(CC3CC3)C(C)C1(O)CCC(=O)C2. The maximum atomic E-state index is 12.6. The summed E-state index contributed by atoms with van der Waals surface area (Å²) >= 11 is 0. The van der Waals surface area contributed by atoms with E-state index in [1.54, 1.807) is 12.1 Å². The van der Waals surface area contributed by atoms with Crippen molar-refractivity contribution in [2.45, 2.75) is 69.4 Å². The van der Waals surface area contributed by atoms with Crippen molar-refractivity contribution in [2.24, 2.45) is 5.92 Å². The number of phenols is 1. The van der Waals surface area contributed by atoms with Crippen molar-refractivity contribution in [3.8, 4) is 11.5 Å². The lowest BCUT2D eigenvalue weighted by molar-refractivity contribution is -0.165. The number of rotatable bonds is 5. The van der Waals surface area contributed by atoms with E-state index in [1.807, 2.05) is 13.8 Å². The second kappa shape index (κ2) is 6.85. The van der Waals surface area contributed by atoms with Crippen LogP contribution in [0.1, 0.15) is 56.6 Å². The lowest BCUT2D eigenvalue weighted by Crippen LogP contribution is -2.70. The molecule has 0 radical (unpaired) electrons. The predicted molar refractivity (Wildman–Crippen MR) is 103 cm³/mol. The van der Waals surface area contributed by atoms with Gasteiger partial charge in [-0.1, -0.05) is 6.07 Å². The van der Waals surface area contributed by atoms with Gasteiger partial charge in [0, 0.05) is 36.4 Å². The van der Waals surface area contributed by atoms with Gasteiger partial charge in [-0.2, -0.15) is 0 Å². The number of ether oxygens (including phenoxy) is 1. The molecule has 6 heteroatoms. The summed E-state index contributed by atoms with van der Waals surface area (Å²) in [7, 11) is 0. The Balaban J connectivity index is 1.83. The zero-order valence-corrected chi connectivity index (χ0v) is 16.6. The molecular weight excluding hydrogens is 358 g/mol. The van der Waals surface area contributed by atoms with E-state index in [1.165, 1.54) is 12.8 Å². The van der Waals surface area contributed by atoms with Gasteiger partial charge in [-0.05, 0) is 63.6 Å². The van der Waals surface area contributed by atoms with Crippen molar-refractivity contribution < 1.29 is 24.5 Å². The number of fused-ring (bicyclic) bond motifs is 1. The van der Waals surface area contributed by atoms with Crippen LogP contribution in [0.15, 0.2) is 12.1 Å².